The van der Waals surface area contributed by atoms with Gasteiger partial charge < -0.3 is 10.2 Å². The average molecular weight is 533 g/mol. The summed E-state index contributed by atoms with van der Waals surface area (Å²) in [4.78, 5) is 2.40. The Hall–Kier alpha value is -3.33. The summed E-state index contributed by atoms with van der Waals surface area (Å²) in [5, 5.41) is 15.7. The Labute approximate surface area is 225 Å². The highest BCUT2D eigenvalue weighted by Crippen LogP contribution is 2.35. The first-order valence-corrected chi connectivity index (χ1v) is 14.7. The Bertz CT molecular complexity index is 1510. The number of hydrogen-bond donors (Lipinski definition) is 2. The van der Waals surface area contributed by atoms with Crippen LogP contribution >= 0.6 is 0 Å². The van der Waals surface area contributed by atoms with Crippen molar-refractivity contribution >= 4 is 48.7 Å². The smallest absolute Gasteiger partial charge is 0.295 e. The molecule has 0 bridgehead atoms. The van der Waals surface area contributed by atoms with Crippen molar-refractivity contribution < 1.29 is 13.0 Å². The number of nitrogens with zero attached hydrogens (tertiary/aromatic N) is 3. The highest BCUT2D eigenvalue weighted by Gasteiger charge is 2.15. The van der Waals surface area contributed by atoms with Gasteiger partial charge in [0, 0.05) is 40.3 Å². The number of fused-ring (bicyclic) bond motifs is 2. The molecular formula is C30H36N4O3S. The van der Waals surface area contributed by atoms with Crippen LogP contribution in [0.2, 0.25) is 0 Å². The maximum Gasteiger partial charge on any atom is 0.295 e. The van der Waals surface area contributed by atoms with Crippen LogP contribution in [0.4, 0.5) is 17.1 Å². The van der Waals surface area contributed by atoms with Crippen LogP contribution in [0.3, 0.4) is 0 Å². The molecule has 0 saturated carbocycles. The maximum absolute atomic E-state index is 11.8. The van der Waals surface area contributed by atoms with Crippen LogP contribution < -0.4 is 5.32 Å². The van der Waals surface area contributed by atoms with Gasteiger partial charge in [0.2, 0.25) is 0 Å². The van der Waals surface area contributed by atoms with Gasteiger partial charge in [-0.1, -0.05) is 75.2 Å². The number of rotatable bonds is 13. The second-order valence-electron chi connectivity index (χ2n) is 9.46. The summed E-state index contributed by atoms with van der Waals surface area (Å²) in [6.45, 7) is 8.61. The highest BCUT2D eigenvalue weighted by atomic mass is 32.2. The van der Waals surface area contributed by atoms with Crippen molar-refractivity contribution in [2.45, 2.75) is 44.4 Å². The average Bonchev–Trinajstić information content (AvgIpc) is 2.92. The topological polar surface area (TPSA) is 94.4 Å². The van der Waals surface area contributed by atoms with Crippen LogP contribution in [0.1, 0.15) is 39.5 Å². The minimum Gasteiger partial charge on any atom is -0.383 e. The molecule has 7 nitrogen and oxygen atoms in total. The van der Waals surface area contributed by atoms with Gasteiger partial charge in [0.15, 0.2) is 0 Å². The van der Waals surface area contributed by atoms with Crippen molar-refractivity contribution in [1.29, 1.82) is 0 Å². The number of anilines is 1. The van der Waals surface area contributed by atoms with Crippen LogP contribution in [-0.2, 0) is 10.1 Å². The van der Waals surface area contributed by atoms with Crippen molar-refractivity contribution in [3.8, 4) is 0 Å². The first-order valence-electron chi connectivity index (χ1n) is 13.3. The number of hydrogen-bond acceptors (Lipinski definition) is 6. The molecule has 0 heterocycles. The van der Waals surface area contributed by atoms with Crippen molar-refractivity contribution in [2.24, 2.45) is 10.2 Å². The second kappa shape index (κ2) is 13.0. The molecule has 0 aliphatic carbocycles. The van der Waals surface area contributed by atoms with Crippen molar-refractivity contribution in [1.82, 2.24) is 4.90 Å². The maximum atomic E-state index is 11.8. The molecule has 0 atom stereocenters. The Balaban J connectivity index is 1.57. The van der Waals surface area contributed by atoms with Crippen molar-refractivity contribution in [3.63, 3.8) is 0 Å². The van der Waals surface area contributed by atoms with Crippen molar-refractivity contribution in [2.75, 3.05) is 31.5 Å². The van der Waals surface area contributed by atoms with Gasteiger partial charge in [0.1, 0.15) is 4.90 Å². The molecule has 0 aromatic heterocycles. The van der Waals surface area contributed by atoms with E-state index in [4.69, 9.17) is 0 Å². The Morgan fingerprint density at radius 1 is 0.711 bits per heavy atom. The number of azo groups is 1. The molecule has 0 aliphatic rings. The fourth-order valence-electron chi connectivity index (χ4n) is 4.65. The number of unbranched alkanes of at least 4 members (excludes halogenated alkanes) is 2. The van der Waals surface area contributed by atoms with Gasteiger partial charge in [-0.3, -0.25) is 4.55 Å². The van der Waals surface area contributed by atoms with E-state index in [-0.39, 0.29) is 4.90 Å². The van der Waals surface area contributed by atoms with E-state index >= 15 is 0 Å². The van der Waals surface area contributed by atoms with E-state index in [0.717, 1.165) is 48.3 Å². The van der Waals surface area contributed by atoms with E-state index in [1.54, 1.807) is 30.3 Å². The highest BCUT2D eigenvalue weighted by molar-refractivity contribution is 7.86. The summed E-state index contributed by atoms with van der Waals surface area (Å²) in [6.07, 6.45) is 4.86. The molecule has 0 unspecified atom stereocenters. The Morgan fingerprint density at radius 3 is 1.82 bits per heavy atom. The summed E-state index contributed by atoms with van der Waals surface area (Å²) < 4.78 is 33.2. The van der Waals surface area contributed by atoms with Crippen LogP contribution in [0.5, 0.6) is 0 Å². The summed E-state index contributed by atoms with van der Waals surface area (Å²) in [6, 6.07) is 22.0. The normalized spacial score (nSPS) is 12.2. The molecule has 8 heteroatoms. The first-order chi connectivity index (χ1) is 18.4. The minimum absolute atomic E-state index is 0.143. The predicted molar refractivity (Wildman–Crippen MR) is 157 cm³/mol. The van der Waals surface area contributed by atoms with Crippen LogP contribution in [-0.4, -0.2) is 44.0 Å². The Kier molecular flexibility index (Phi) is 9.44. The lowest BCUT2D eigenvalue weighted by molar-refractivity contribution is 0.275. The van der Waals surface area contributed by atoms with Crippen LogP contribution in [0, 0.1) is 0 Å². The molecule has 0 radical (unpaired) electrons. The lowest BCUT2D eigenvalue weighted by atomic mass is 10.1. The molecule has 0 saturated heterocycles. The lowest BCUT2D eigenvalue weighted by Gasteiger charge is -2.22. The molecule has 0 aliphatic heterocycles. The molecule has 4 aromatic rings. The summed E-state index contributed by atoms with van der Waals surface area (Å²) in [7, 11) is -4.35. The minimum atomic E-state index is -4.35. The fraction of sp³-hybridized carbons (Fsp3) is 0.333. The zero-order valence-electron chi connectivity index (χ0n) is 22.1. The molecular weight excluding hydrogens is 496 g/mol. The summed E-state index contributed by atoms with van der Waals surface area (Å²) in [5.74, 6) is 0. The molecule has 200 valence electrons. The SMILES string of the molecule is CCCCN(CCCC)CCNc1ccc(N=Nc2ccc(S(=O)(=O)O)c3ccccc23)c2ccccc12. The quantitative estimate of drug-likeness (QED) is 0.134. The summed E-state index contributed by atoms with van der Waals surface area (Å²) in [5.41, 5.74) is 2.31. The molecule has 2 N–H and O–H groups in total. The zero-order valence-corrected chi connectivity index (χ0v) is 22.9. The van der Waals surface area contributed by atoms with Gasteiger partial charge in [-0.2, -0.15) is 8.42 Å². The van der Waals surface area contributed by atoms with Crippen LogP contribution in [0.25, 0.3) is 21.5 Å². The van der Waals surface area contributed by atoms with E-state index in [2.05, 4.69) is 40.4 Å². The van der Waals surface area contributed by atoms with E-state index < -0.39 is 10.1 Å². The van der Waals surface area contributed by atoms with Gasteiger partial charge in [0.05, 0.1) is 11.4 Å². The third-order valence-corrected chi connectivity index (χ3v) is 7.62. The van der Waals surface area contributed by atoms with Crippen LogP contribution in [0.15, 0.2) is 87.9 Å². The number of nitrogens with one attached hydrogen (secondary N) is 1. The van der Waals surface area contributed by atoms with Gasteiger partial charge in [0.25, 0.3) is 10.1 Å². The predicted octanol–water partition coefficient (Wildman–Crippen LogP) is 7.97. The fourth-order valence-corrected chi connectivity index (χ4v) is 5.34. The van der Waals surface area contributed by atoms with Gasteiger partial charge >= 0.3 is 0 Å². The second-order valence-corrected chi connectivity index (χ2v) is 10.8. The third-order valence-electron chi connectivity index (χ3n) is 6.70. The van der Waals surface area contributed by atoms with E-state index in [0.29, 0.717) is 16.5 Å². The monoisotopic (exact) mass is 532 g/mol. The third kappa shape index (κ3) is 6.75. The zero-order chi connectivity index (χ0) is 27.0. The van der Waals surface area contributed by atoms with E-state index in [9.17, 15) is 13.0 Å². The lowest BCUT2D eigenvalue weighted by Crippen LogP contribution is -2.31. The van der Waals surface area contributed by atoms with Gasteiger partial charge in [-0.05, 0) is 50.2 Å². The van der Waals surface area contributed by atoms with E-state index in [1.165, 1.54) is 31.7 Å². The molecule has 0 fully saturated rings. The van der Waals surface area contributed by atoms with Gasteiger partial charge in [-0.15, -0.1) is 10.2 Å². The van der Waals surface area contributed by atoms with E-state index in [1.807, 2.05) is 30.3 Å². The van der Waals surface area contributed by atoms with Gasteiger partial charge in [-0.25, -0.2) is 0 Å². The largest absolute Gasteiger partial charge is 0.383 e. The molecule has 0 amide bonds. The van der Waals surface area contributed by atoms with Crippen molar-refractivity contribution in [3.05, 3.63) is 72.8 Å². The standard InChI is InChI=1S/C30H36N4O3S/c1-3-5-20-34(21-6-4-2)22-19-31-27-15-16-28(24-12-8-7-11-23(24)27)32-33-29-17-18-30(38(35,36)37)26-14-10-9-13-25(26)29/h7-18,31H,3-6,19-22H2,1-2H3,(H,35,36,37). The Morgan fingerprint density at radius 2 is 1.24 bits per heavy atom. The number of benzene rings is 4. The first kappa shape index (κ1) is 27.7. The molecule has 4 aromatic carbocycles. The molecule has 0 spiro atoms. The summed E-state index contributed by atoms with van der Waals surface area (Å²) >= 11 is 0. The molecule has 4 rings (SSSR count). The molecule has 38 heavy (non-hydrogen) atoms.